The molecule has 0 saturated carbocycles. The number of aromatic amines is 1. The number of nitrogens with zero attached hydrogens (tertiary/aromatic N) is 4. The zero-order valence-electron chi connectivity index (χ0n) is 12.1. The maximum absolute atomic E-state index is 5.26. The number of aryl methyl sites for hydroxylation is 4. The first-order valence-electron chi connectivity index (χ1n) is 6.94. The Labute approximate surface area is 122 Å². The molecule has 0 aliphatic heterocycles. The zero-order valence-corrected chi connectivity index (χ0v) is 12.1. The number of nitrogens with one attached hydrogen (secondary N) is 1. The molecule has 0 unspecified atom stereocenters. The van der Waals surface area contributed by atoms with Crippen LogP contribution in [0.15, 0.2) is 28.8 Å². The Morgan fingerprint density at radius 3 is 2.52 bits per heavy atom. The van der Waals surface area contributed by atoms with Crippen molar-refractivity contribution in [1.29, 1.82) is 0 Å². The van der Waals surface area contributed by atoms with E-state index in [-0.39, 0.29) is 0 Å². The van der Waals surface area contributed by atoms with Crippen LogP contribution in [0.25, 0.3) is 0 Å². The highest BCUT2D eigenvalue weighted by Gasteiger charge is 2.09. The van der Waals surface area contributed by atoms with E-state index in [1.807, 2.05) is 6.92 Å². The van der Waals surface area contributed by atoms with Crippen LogP contribution in [0.2, 0.25) is 0 Å². The normalized spacial score (nSPS) is 11.0. The predicted molar refractivity (Wildman–Crippen MR) is 76.8 cm³/mol. The van der Waals surface area contributed by atoms with E-state index in [0.29, 0.717) is 31.0 Å². The number of aromatic nitrogens is 5. The van der Waals surface area contributed by atoms with Crippen molar-refractivity contribution in [3.63, 3.8) is 0 Å². The molecular formula is C15H17N5O. The largest absolute Gasteiger partial charge is 0.339 e. The van der Waals surface area contributed by atoms with Gasteiger partial charge in [0.1, 0.15) is 5.82 Å². The van der Waals surface area contributed by atoms with Gasteiger partial charge >= 0.3 is 0 Å². The SMILES string of the molecule is Cc1ccc(Cc2noc(CCc3n[nH]c(C)n3)n2)cc1. The molecule has 1 aromatic carbocycles. The lowest BCUT2D eigenvalue weighted by Gasteiger charge is -1.97. The molecule has 0 spiro atoms. The van der Waals surface area contributed by atoms with Gasteiger partial charge in [0.25, 0.3) is 0 Å². The van der Waals surface area contributed by atoms with E-state index in [1.54, 1.807) is 0 Å². The van der Waals surface area contributed by atoms with E-state index in [4.69, 9.17) is 4.52 Å². The number of rotatable bonds is 5. The third kappa shape index (κ3) is 3.53. The van der Waals surface area contributed by atoms with Crippen molar-refractivity contribution in [2.45, 2.75) is 33.1 Å². The molecule has 0 radical (unpaired) electrons. The molecule has 6 nitrogen and oxygen atoms in total. The minimum atomic E-state index is 0.625. The van der Waals surface area contributed by atoms with Crippen LogP contribution < -0.4 is 0 Å². The summed E-state index contributed by atoms with van der Waals surface area (Å²) in [6, 6.07) is 8.34. The highest BCUT2D eigenvalue weighted by Crippen LogP contribution is 2.09. The van der Waals surface area contributed by atoms with Crippen molar-refractivity contribution in [3.05, 3.63) is 58.8 Å². The molecule has 1 N–H and O–H groups in total. The van der Waals surface area contributed by atoms with Crippen molar-refractivity contribution in [1.82, 2.24) is 25.3 Å². The fraction of sp³-hybridized carbons (Fsp3) is 0.333. The number of H-pyrrole nitrogens is 1. The summed E-state index contributed by atoms with van der Waals surface area (Å²) in [4.78, 5) is 8.66. The van der Waals surface area contributed by atoms with Gasteiger partial charge in [0.2, 0.25) is 5.89 Å². The second-order valence-electron chi connectivity index (χ2n) is 5.10. The molecule has 3 rings (SSSR count). The lowest BCUT2D eigenvalue weighted by molar-refractivity contribution is 0.373. The van der Waals surface area contributed by atoms with Crippen molar-refractivity contribution < 1.29 is 4.52 Å². The van der Waals surface area contributed by atoms with Crippen molar-refractivity contribution in [2.75, 3.05) is 0 Å². The maximum Gasteiger partial charge on any atom is 0.227 e. The fourth-order valence-electron chi connectivity index (χ4n) is 2.07. The van der Waals surface area contributed by atoms with E-state index in [0.717, 1.165) is 11.6 Å². The van der Waals surface area contributed by atoms with Crippen LogP contribution in [-0.2, 0) is 19.3 Å². The zero-order chi connectivity index (χ0) is 14.7. The summed E-state index contributed by atoms with van der Waals surface area (Å²) in [7, 11) is 0. The molecule has 2 aromatic heterocycles. The molecule has 0 saturated heterocycles. The van der Waals surface area contributed by atoms with E-state index in [2.05, 4.69) is 56.5 Å². The predicted octanol–water partition coefficient (Wildman–Crippen LogP) is 2.18. The van der Waals surface area contributed by atoms with Gasteiger partial charge in [-0.25, -0.2) is 4.98 Å². The molecule has 0 fully saturated rings. The molecule has 0 aliphatic carbocycles. The van der Waals surface area contributed by atoms with Gasteiger partial charge in [0.05, 0.1) is 0 Å². The van der Waals surface area contributed by atoms with Crippen LogP contribution in [0.3, 0.4) is 0 Å². The molecule has 3 aromatic rings. The van der Waals surface area contributed by atoms with E-state index in [9.17, 15) is 0 Å². The van der Waals surface area contributed by atoms with Crippen LogP contribution in [0, 0.1) is 13.8 Å². The van der Waals surface area contributed by atoms with E-state index < -0.39 is 0 Å². The lowest BCUT2D eigenvalue weighted by Crippen LogP contribution is -1.95. The van der Waals surface area contributed by atoms with Crippen LogP contribution in [0.1, 0.15) is 34.5 Å². The minimum absolute atomic E-state index is 0.625. The molecule has 0 aliphatic rings. The van der Waals surface area contributed by atoms with Gasteiger partial charge in [0.15, 0.2) is 11.6 Å². The summed E-state index contributed by atoms with van der Waals surface area (Å²) in [5, 5.41) is 10.9. The third-order valence-electron chi connectivity index (χ3n) is 3.20. The van der Waals surface area contributed by atoms with Crippen molar-refractivity contribution in [3.8, 4) is 0 Å². The van der Waals surface area contributed by atoms with Crippen molar-refractivity contribution in [2.24, 2.45) is 0 Å². The Hall–Kier alpha value is -2.50. The Bertz CT molecular complexity index is 714. The van der Waals surface area contributed by atoms with E-state index in [1.165, 1.54) is 11.1 Å². The van der Waals surface area contributed by atoms with Gasteiger partial charge in [-0.15, -0.1) is 0 Å². The summed E-state index contributed by atoms with van der Waals surface area (Å²) < 4.78 is 5.26. The molecule has 21 heavy (non-hydrogen) atoms. The molecular weight excluding hydrogens is 266 g/mol. The summed E-state index contributed by atoms with van der Waals surface area (Å²) in [6.07, 6.45) is 2.03. The first-order valence-corrected chi connectivity index (χ1v) is 6.94. The second kappa shape index (κ2) is 5.87. The molecule has 2 heterocycles. The average molecular weight is 283 g/mol. The minimum Gasteiger partial charge on any atom is -0.339 e. The van der Waals surface area contributed by atoms with E-state index >= 15 is 0 Å². The molecule has 6 heteroatoms. The molecule has 0 bridgehead atoms. The van der Waals surface area contributed by atoms with Crippen molar-refractivity contribution >= 4 is 0 Å². The van der Waals surface area contributed by atoms with Crippen LogP contribution in [0.5, 0.6) is 0 Å². The van der Waals surface area contributed by atoms with Gasteiger partial charge < -0.3 is 4.52 Å². The first-order chi connectivity index (χ1) is 10.2. The monoisotopic (exact) mass is 283 g/mol. The van der Waals surface area contributed by atoms with Gasteiger partial charge in [-0.3, -0.25) is 5.10 Å². The third-order valence-corrected chi connectivity index (χ3v) is 3.20. The quantitative estimate of drug-likeness (QED) is 0.776. The summed E-state index contributed by atoms with van der Waals surface area (Å²) in [5.41, 5.74) is 2.42. The summed E-state index contributed by atoms with van der Waals surface area (Å²) >= 11 is 0. The summed E-state index contributed by atoms with van der Waals surface area (Å²) in [6.45, 7) is 3.95. The maximum atomic E-state index is 5.26. The lowest BCUT2D eigenvalue weighted by atomic mass is 10.1. The Balaban J connectivity index is 1.59. The number of hydrogen-bond acceptors (Lipinski definition) is 5. The topological polar surface area (TPSA) is 80.5 Å². The highest BCUT2D eigenvalue weighted by atomic mass is 16.5. The summed E-state index contributed by atoms with van der Waals surface area (Å²) in [5.74, 6) is 2.92. The number of benzene rings is 1. The van der Waals surface area contributed by atoms with Gasteiger partial charge in [-0.2, -0.15) is 10.1 Å². The Morgan fingerprint density at radius 1 is 1.00 bits per heavy atom. The van der Waals surface area contributed by atoms with Gasteiger partial charge in [-0.1, -0.05) is 35.0 Å². The first kappa shape index (κ1) is 13.5. The van der Waals surface area contributed by atoms with Gasteiger partial charge in [0, 0.05) is 19.3 Å². The van der Waals surface area contributed by atoms with Crippen LogP contribution in [0.4, 0.5) is 0 Å². The Morgan fingerprint density at radius 2 is 1.81 bits per heavy atom. The molecule has 0 amide bonds. The standard InChI is InChI=1S/C15H17N5O/c1-10-3-5-12(6-4-10)9-14-17-15(21-20-14)8-7-13-16-11(2)18-19-13/h3-6H,7-9H2,1-2H3,(H,16,18,19). The smallest absolute Gasteiger partial charge is 0.227 e. The second-order valence-corrected chi connectivity index (χ2v) is 5.10. The fourth-order valence-corrected chi connectivity index (χ4v) is 2.07. The van der Waals surface area contributed by atoms with Gasteiger partial charge in [-0.05, 0) is 19.4 Å². The van der Waals surface area contributed by atoms with Crippen LogP contribution >= 0.6 is 0 Å². The van der Waals surface area contributed by atoms with Crippen LogP contribution in [-0.4, -0.2) is 25.3 Å². The average Bonchev–Trinajstić information content (AvgIpc) is 3.08. The Kier molecular flexibility index (Phi) is 3.77. The number of hydrogen-bond donors (Lipinski definition) is 1. The highest BCUT2D eigenvalue weighted by molar-refractivity contribution is 5.23. The molecule has 108 valence electrons. The molecule has 0 atom stereocenters.